The van der Waals surface area contributed by atoms with Crippen LogP contribution in [0.1, 0.15) is 37.0 Å². The first kappa shape index (κ1) is 20.3. The number of sulfonamides is 1. The summed E-state index contributed by atoms with van der Waals surface area (Å²) < 4.78 is 33.5. The number of ether oxygens (including phenoxy) is 1. The fraction of sp³-hybridized carbons (Fsp3) is 0.318. The number of rotatable bonds is 6. The molecule has 148 valence electrons. The molecule has 0 radical (unpaired) electrons. The first-order valence-corrected chi connectivity index (χ1v) is 10.8. The Balaban J connectivity index is 1.89. The van der Waals surface area contributed by atoms with Gasteiger partial charge in [0.2, 0.25) is 10.0 Å². The molecule has 3 rings (SSSR count). The van der Waals surface area contributed by atoms with E-state index in [0.29, 0.717) is 19.4 Å². The maximum Gasteiger partial charge on any atom is 0.303 e. The van der Waals surface area contributed by atoms with Crippen LogP contribution in [0.3, 0.4) is 0 Å². The van der Waals surface area contributed by atoms with E-state index in [-0.39, 0.29) is 16.9 Å². The minimum Gasteiger partial charge on any atom is -0.458 e. The SMILES string of the molecule is CC(=O)O[C@H](C[C@@H]1C=CCCN1S(=O)(=O)c1ccc(C)cc1)c1ccccc1. The fourth-order valence-electron chi connectivity index (χ4n) is 3.40. The zero-order valence-electron chi connectivity index (χ0n) is 16.1. The lowest BCUT2D eigenvalue weighted by atomic mass is 10.00. The van der Waals surface area contributed by atoms with Crippen molar-refractivity contribution in [3.8, 4) is 0 Å². The molecule has 2 aromatic rings. The molecule has 0 fully saturated rings. The van der Waals surface area contributed by atoms with Crippen molar-refractivity contribution in [2.45, 2.75) is 43.7 Å². The topological polar surface area (TPSA) is 63.7 Å². The smallest absolute Gasteiger partial charge is 0.303 e. The molecule has 2 aromatic carbocycles. The number of esters is 1. The molecular weight excluding hydrogens is 374 g/mol. The van der Waals surface area contributed by atoms with Gasteiger partial charge in [-0.25, -0.2) is 8.42 Å². The molecule has 5 nitrogen and oxygen atoms in total. The predicted molar refractivity (Wildman–Crippen MR) is 108 cm³/mol. The summed E-state index contributed by atoms with van der Waals surface area (Å²) in [6.07, 6.45) is 4.40. The van der Waals surface area contributed by atoms with Crippen LogP contribution < -0.4 is 0 Å². The van der Waals surface area contributed by atoms with Gasteiger partial charge in [-0.15, -0.1) is 0 Å². The molecule has 2 atom stereocenters. The van der Waals surface area contributed by atoms with Gasteiger partial charge in [-0.1, -0.05) is 60.2 Å². The number of benzene rings is 2. The number of carbonyl (C=O) groups excluding carboxylic acids is 1. The van der Waals surface area contributed by atoms with Gasteiger partial charge in [0.25, 0.3) is 0 Å². The summed E-state index contributed by atoms with van der Waals surface area (Å²) in [4.78, 5) is 11.9. The van der Waals surface area contributed by atoms with Gasteiger partial charge < -0.3 is 4.74 Å². The second kappa shape index (κ2) is 8.71. The van der Waals surface area contributed by atoms with E-state index in [9.17, 15) is 13.2 Å². The highest BCUT2D eigenvalue weighted by Crippen LogP contribution is 2.30. The number of hydrogen-bond acceptors (Lipinski definition) is 4. The normalized spacial score (nSPS) is 18.6. The first-order valence-electron chi connectivity index (χ1n) is 9.35. The minimum absolute atomic E-state index is 0.280. The van der Waals surface area contributed by atoms with Gasteiger partial charge in [-0.2, -0.15) is 4.31 Å². The predicted octanol–water partition coefficient (Wildman–Crippen LogP) is 4.01. The van der Waals surface area contributed by atoms with Crippen molar-refractivity contribution in [2.24, 2.45) is 0 Å². The number of aryl methyl sites for hydroxylation is 1. The van der Waals surface area contributed by atoms with Gasteiger partial charge in [-0.05, 0) is 31.0 Å². The van der Waals surface area contributed by atoms with Crippen LogP contribution in [-0.2, 0) is 19.6 Å². The van der Waals surface area contributed by atoms with Crippen LogP contribution in [0.5, 0.6) is 0 Å². The summed E-state index contributed by atoms with van der Waals surface area (Å²) in [6.45, 7) is 3.69. The van der Waals surface area contributed by atoms with Gasteiger partial charge in [0, 0.05) is 25.9 Å². The summed E-state index contributed by atoms with van der Waals surface area (Å²) in [6, 6.07) is 15.9. The third-order valence-corrected chi connectivity index (χ3v) is 6.75. The summed E-state index contributed by atoms with van der Waals surface area (Å²) in [5.74, 6) is -0.387. The Kier molecular flexibility index (Phi) is 6.31. The summed E-state index contributed by atoms with van der Waals surface area (Å²) in [7, 11) is -3.64. The van der Waals surface area contributed by atoms with E-state index >= 15 is 0 Å². The Hall–Kier alpha value is -2.44. The fourth-order valence-corrected chi connectivity index (χ4v) is 5.01. The molecule has 0 spiro atoms. The Morgan fingerprint density at radius 1 is 1.14 bits per heavy atom. The quantitative estimate of drug-likeness (QED) is 0.544. The Bertz CT molecular complexity index is 936. The lowest BCUT2D eigenvalue weighted by Gasteiger charge is -2.33. The Morgan fingerprint density at radius 3 is 2.46 bits per heavy atom. The van der Waals surface area contributed by atoms with E-state index in [2.05, 4.69) is 0 Å². The third-order valence-electron chi connectivity index (χ3n) is 4.81. The molecule has 1 aliphatic rings. The molecule has 0 bridgehead atoms. The zero-order valence-corrected chi connectivity index (χ0v) is 16.9. The van der Waals surface area contributed by atoms with E-state index in [1.807, 2.05) is 49.4 Å². The second-order valence-electron chi connectivity index (χ2n) is 6.96. The highest BCUT2D eigenvalue weighted by molar-refractivity contribution is 7.89. The minimum atomic E-state index is -3.64. The average Bonchev–Trinajstić information content (AvgIpc) is 2.68. The van der Waals surface area contributed by atoms with E-state index in [1.165, 1.54) is 11.2 Å². The van der Waals surface area contributed by atoms with Crippen molar-refractivity contribution in [1.82, 2.24) is 4.31 Å². The molecule has 0 aromatic heterocycles. The van der Waals surface area contributed by atoms with Crippen LogP contribution in [0.2, 0.25) is 0 Å². The molecule has 0 N–H and O–H groups in total. The molecule has 0 amide bonds. The van der Waals surface area contributed by atoms with Crippen LogP contribution in [-0.4, -0.2) is 31.3 Å². The van der Waals surface area contributed by atoms with Crippen LogP contribution in [0, 0.1) is 6.92 Å². The second-order valence-corrected chi connectivity index (χ2v) is 8.85. The Morgan fingerprint density at radius 2 is 1.82 bits per heavy atom. The molecule has 6 heteroatoms. The number of carbonyl (C=O) groups is 1. The molecular formula is C22H25NO4S. The molecule has 1 heterocycles. The maximum absolute atomic E-state index is 13.2. The molecule has 0 aliphatic carbocycles. The summed E-state index contributed by atoms with van der Waals surface area (Å²) >= 11 is 0. The van der Waals surface area contributed by atoms with Gasteiger partial charge in [-0.3, -0.25) is 4.79 Å². The molecule has 0 unspecified atom stereocenters. The van der Waals surface area contributed by atoms with Crippen molar-refractivity contribution in [1.29, 1.82) is 0 Å². The van der Waals surface area contributed by atoms with Crippen LogP contribution in [0.4, 0.5) is 0 Å². The van der Waals surface area contributed by atoms with Crippen LogP contribution in [0.15, 0.2) is 71.6 Å². The van der Waals surface area contributed by atoms with Crippen molar-refractivity contribution < 1.29 is 17.9 Å². The lowest BCUT2D eigenvalue weighted by molar-refractivity contribution is -0.147. The van der Waals surface area contributed by atoms with Crippen molar-refractivity contribution >= 4 is 16.0 Å². The van der Waals surface area contributed by atoms with Gasteiger partial charge in [0.15, 0.2) is 0 Å². The average molecular weight is 400 g/mol. The number of nitrogens with zero attached hydrogens (tertiary/aromatic N) is 1. The van der Waals surface area contributed by atoms with E-state index in [4.69, 9.17) is 4.74 Å². The molecule has 28 heavy (non-hydrogen) atoms. The van der Waals surface area contributed by atoms with Gasteiger partial charge in [0.05, 0.1) is 4.90 Å². The van der Waals surface area contributed by atoms with E-state index in [0.717, 1.165) is 11.1 Å². The third kappa shape index (κ3) is 4.69. The monoisotopic (exact) mass is 399 g/mol. The lowest BCUT2D eigenvalue weighted by Crippen LogP contribution is -2.42. The van der Waals surface area contributed by atoms with Gasteiger partial charge >= 0.3 is 5.97 Å². The van der Waals surface area contributed by atoms with Crippen LogP contribution >= 0.6 is 0 Å². The standard InChI is InChI=1S/C22H25NO4S/c1-17-11-13-21(14-12-17)28(25,26)23-15-7-6-10-20(23)16-22(27-18(2)24)19-8-4-3-5-9-19/h3-6,8-14,20,22H,7,15-16H2,1-2H3/t20-,22+/m0/s1. The first-order chi connectivity index (χ1) is 13.4. The highest BCUT2D eigenvalue weighted by Gasteiger charge is 2.33. The maximum atomic E-state index is 13.2. The van der Waals surface area contributed by atoms with Gasteiger partial charge in [0.1, 0.15) is 6.10 Å². The largest absolute Gasteiger partial charge is 0.458 e. The van der Waals surface area contributed by atoms with Crippen molar-refractivity contribution in [2.75, 3.05) is 6.54 Å². The van der Waals surface area contributed by atoms with E-state index in [1.54, 1.807) is 24.3 Å². The van der Waals surface area contributed by atoms with E-state index < -0.39 is 16.1 Å². The molecule has 1 aliphatic heterocycles. The highest BCUT2D eigenvalue weighted by atomic mass is 32.2. The van der Waals surface area contributed by atoms with Crippen molar-refractivity contribution in [3.63, 3.8) is 0 Å². The molecule has 0 saturated carbocycles. The number of hydrogen-bond donors (Lipinski definition) is 0. The molecule has 0 saturated heterocycles. The summed E-state index contributed by atoms with van der Waals surface area (Å²) in [5.41, 5.74) is 1.86. The summed E-state index contributed by atoms with van der Waals surface area (Å²) in [5, 5.41) is 0. The van der Waals surface area contributed by atoms with Crippen molar-refractivity contribution in [3.05, 3.63) is 77.9 Å². The Labute approximate surface area is 166 Å². The zero-order chi connectivity index (χ0) is 20.1. The van der Waals surface area contributed by atoms with Crippen LogP contribution in [0.25, 0.3) is 0 Å².